The maximum Gasteiger partial charge on any atom is 0.235 e. The van der Waals surface area contributed by atoms with Crippen molar-refractivity contribution < 1.29 is 4.42 Å². The van der Waals surface area contributed by atoms with Crippen molar-refractivity contribution in [2.24, 2.45) is 5.73 Å². The molecule has 3 rings (SSSR count). The van der Waals surface area contributed by atoms with E-state index in [0.717, 1.165) is 27.3 Å². The van der Waals surface area contributed by atoms with Gasteiger partial charge in [0, 0.05) is 5.41 Å². The van der Waals surface area contributed by atoms with Crippen LogP contribution in [0.1, 0.15) is 32.4 Å². The summed E-state index contributed by atoms with van der Waals surface area (Å²) >= 11 is 1.45. The highest BCUT2D eigenvalue weighted by atomic mass is 32.1. The van der Waals surface area contributed by atoms with Gasteiger partial charge in [0.1, 0.15) is 5.76 Å². The van der Waals surface area contributed by atoms with Gasteiger partial charge in [0.05, 0.1) is 6.54 Å². The Hall–Kier alpha value is -1.73. The van der Waals surface area contributed by atoms with Gasteiger partial charge in [-0.1, -0.05) is 32.1 Å². The summed E-state index contributed by atoms with van der Waals surface area (Å²) in [5.74, 6) is 2.31. The molecule has 0 fully saturated rings. The monoisotopic (exact) mass is 277 g/mol. The molecule has 2 N–H and O–H groups in total. The predicted octanol–water partition coefficient (Wildman–Crippen LogP) is 2.20. The van der Waals surface area contributed by atoms with Crippen LogP contribution in [0.4, 0.5) is 0 Å². The topological polar surface area (TPSA) is 82.2 Å². The summed E-state index contributed by atoms with van der Waals surface area (Å²) < 4.78 is 7.39. The summed E-state index contributed by atoms with van der Waals surface area (Å²) in [5, 5.41) is 13.7. The fourth-order valence-electron chi connectivity index (χ4n) is 1.79. The van der Waals surface area contributed by atoms with E-state index in [2.05, 4.69) is 36.1 Å². The Labute approximate surface area is 114 Å². The fourth-order valence-corrected chi connectivity index (χ4v) is 2.59. The molecule has 0 atom stereocenters. The Morgan fingerprint density at radius 3 is 2.74 bits per heavy atom. The van der Waals surface area contributed by atoms with E-state index in [1.54, 1.807) is 4.52 Å². The third kappa shape index (κ3) is 2.04. The van der Waals surface area contributed by atoms with E-state index in [9.17, 15) is 0 Å². The highest BCUT2D eigenvalue weighted by Crippen LogP contribution is 2.29. The van der Waals surface area contributed by atoms with Crippen LogP contribution in [0.5, 0.6) is 0 Å². The Kier molecular flexibility index (Phi) is 2.68. The quantitative estimate of drug-likeness (QED) is 0.776. The first-order valence-corrected chi connectivity index (χ1v) is 6.82. The summed E-state index contributed by atoms with van der Waals surface area (Å²) in [4.78, 5) is 0.769. The first kappa shape index (κ1) is 12.3. The molecule has 0 aliphatic carbocycles. The van der Waals surface area contributed by atoms with Crippen molar-refractivity contribution in [3.05, 3.63) is 23.7 Å². The van der Waals surface area contributed by atoms with Gasteiger partial charge in [-0.25, -0.2) is 0 Å². The van der Waals surface area contributed by atoms with Crippen molar-refractivity contribution in [2.75, 3.05) is 0 Å². The molecule has 3 heterocycles. The number of hydrogen-bond acceptors (Lipinski definition) is 6. The third-order valence-corrected chi connectivity index (χ3v) is 3.65. The Morgan fingerprint density at radius 2 is 2.11 bits per heavy atom. The average molecular weight is 277 g/mol. The zero-order chi connectivity index (χ0) is 13.6. The molecule has 0 aliphatic rings. The molecular formula is C12H15N5OS. The van der Waals surface area contributed by atoms with Gasteiger partial charge in [-0.2, -0.15) is 4.52 Å². The van der Waals surface area contributed by atoms with E-state index < -0.39 is 0 Å². The summed E-state index contributed by atoms with van der Waals surface area (Å²) in [6.07, 6.45) is 0. The largest absolute Gasteiger partial charge is 0.457 e. The standard InChI is InChI=1S/C12H15N5OS/c1-12(2,3)10-14-15-11-17(10)16-9(19-11)8-5-4-7(6-13)18-8/h4-5H,6,13H2,1-3H3. The predicted molar refractivity (Wildman–Crippen MR) is 73.0 cm³/mol. The van der Waals surface area contributed by atoms with Crippen LogP contribution < -0.4 is 5.73 Å². The molecule has 0 bridgehead atoms. The maximum atomic E-state index is 5.60. The summed E-state index contributed by atoms with van der Waals surface area (Å²) in [6, 6.07) is 3.74. The minimum atomic E-state index is -0.101. The number of aromatic nitrogens is 4. The zero-order valence-electron chi connectivity index (χ0n) is 11.0. The van der Waals surface area contributed by atoms with Gasteiger partial charge in [-0.3, -0.25) is 0 Å². The minimum Gasteiger partial charge on any atom is -0.457 e. The number of hydrogen-bond donors (Lipinski definition) is 1. The van der Waals surface area contributed by atoms with E-state index in [0.29, 0.717) is 6.54 Å². The fraction of sp³-hybridized carbons (Fsp3) is 0.417. The third-order valence-electron chi connectivity index (χ3n) is 2.74. The van der Waals surface area contributed by atoms with Gasteiger partial charge in [0.15, 0.2) is 16.6 Å². The van der Waals surface area contributed by atoms with Gasteiger partial charge in [0.2, 0.25) is 4.96 Å². The van der Waals surface area contributed by atoms with Crippen molar-refractivity contribution in [1.82, 2.24) is 19.8 Å². The van der Waals surface area contributed by atoms with Crippen LogP contribution in [0, 0.1) is 0 Å². The molecular weight excluding hydrogens is 262 g/mol. The highest BCUT2D eigenvalue weighted by molar-refractivity contribution is 7.19. The molecule has 6 nitrogen and oxygen atoms in total. The molecule has 0 spiro atoms. The van der Waals surface area contributed by atoms with Gasteiger partial charge in [-0.05, 0) is 12.1 Å². The normalized spacial score (nSPS) is 12.4. The lowest BCUT2D eigenvalue weighted by Gasteiger charge is -2.13. The SMILES string of the molecule is CC(C)(C)c1nnc2sc(-c3ccc(CN)o3)nn12. The van der Waals surface area contributed by atoms with Crippen molar-refractivity contribution in [2.45, 2.75) is 32.7 Å². The van der Waals surface area contributed by atoms with Crippen LogP contribution in [-0.4, -0.2) is 19.8 Å². The molecule has 3 aromatic heterocycles. The first-order valence-electron chi connectivity index (χ1n) is 6.01. The van der Waals surface area contributed by atoms with Crippen molar-refractivity contribution in [1.29, 1.82) is 0 Å². The summed E-state index contributed by atoms with van der Waals surface area (Å²) in [5.41, 5.74) is 5.44. The molecule has 0 unspecified atom stereocenters. The molecule has 0 amide bonds. The van der Waals surface area contributed by atoms with Crippen LogP contribution in [0.15, 0.2) is 16.5 Å². The van der Waals surface area contributed by atoms with Crippen molar-refractivity contribution in [3.63, 3.8) is 0 Å². The number of nitrogens with zero attached hydrogens (tertiary/aromatic N) is 4. The molecule has 0 aromatic carbocycles. The Bertz CT molecular complexity index is 718. The second kappa shape index (κ2) is 4.14. The Morgan fingerprint density at radius 1 is 1.32 bits per heavy atom. The first-order chi connectivity index (χ1) is 8.99. The van der Waals surface area contributed by atoms with Crippen molar-refractivity contribution >= 4 is 16.3 Å². The van der Waals surface area contributed by atoms with E-state index in [4.69, 9.17) is 10.2 Å². The van der Waals surface area contributed by atoms with Crippen LogP contribution in [0.3, 0.4) is 0 Å². The van der Waals surface area contributed by atoms with E-state index in [-0.39, 0.29) is 5.41 Å². The summed E-state index contributed by atoms with van der Waals surface area (Å²) in [7, 11) is 0. The number of furan rings is 1. The van der Waals surface area contributed by atoms with Crippen molar-refractivity contribution in [3.8, 4) is 10.8 Å². The van der Waals surface area contributed by atoms with Gasteiger partial charge in [0.25, 0.3) is 0 Å². The van der Waals surface area contributed by atoms with Gasteiger partial charge < -0.3 is 10.2 Å². The molecule has 0 radical (unpaired) electrons. The number of fused-ring (bicyclic) bond motifs is 1. The lowest BCUT2D eigenvalue weighted by atomic mass is 9.96. The second-order valence-corrected chi connectivity index (χ2v) is 6.30. The number of rotatable bonds is 2. The van der Waals surface area contributed by atoms with Crippen LogP contribution in [0.2, 0.25) is 0 Å². The second-order valence-electron chi connectivity index (χ2n) is 5.35. The summed E-state index contributed by atoms with van der Waals surface area (Å²) in [6.45, 7) is 6.64. The van der Waals surface area contributed by atoms with Crippen LogP contribution in [0.25, 0.3) is 15.7 Å². The smallest absolute Gasteiger partial charge is 0.235 e. The molecule has 0 saturated carbocycles. The Balaban J connectivity index is 2.09. The van der Waals surface area contributed by atoms with Gasteiger partial charge in [-0.15, -0.1) is 15.3 Å². The zero-order valence-corrected chi connectivity index (χ0v) is 11.9. The van der Waals surface area contributed by atoms with Crippen LogP contribution >= 0.6 is 11.3 Å². The minimum absolute atomic E-state index is 0.101. The molecule has 100 valence electrons. The average Bonchev–Trinajstić information content (AvgIpc) is 3.00. The van der Waals surface area contributed by atoms with E-state index >= 15 is 0 Å². The van der Waals surface area contributed by atoms with E-state index in [1.165, 1.54) is 11.3 Å². The van der Waals surface area contributed by atoms with Gasteiger partial charge >= 0.3 is 0 Å². The lowest BCUT2D eigenvalue weighted by molar-refractivity contribution is 0.518. The molecule has 3 aromatic rings. The highest BCUT2D eigenvalue weighted by Gasteiger charge is 2.24. The number of nitrogens with two attached hydrogens (primary N) is 1. The maximum absolute atomic E-state index is 5.60. The van der Waals surface area contributed by atoms with Crippen LogP contribution in [-0.2, 0) is 12.0 Å². The molecule has 19 heavy (non-hydrogen) atoms. The van der Waals surface area contributed by atoms with E-state index in [1.807, 2.05) is 12.1 Å². The molecule has 7 heteroatoms. The molecule has 0 aliphatic heterocycles. The molecule has 0 saturated heterocycles. The lowest BCUT2D eigenvalue weighted by Crippen LogP contribution is -2.16.